The second kappa shape index (κ2) is 2.49. The van der Waals surface area contributed by atoms with E-state index in [4.69, 9.17) is 11.5 Å². The van der Waals surface area contributed by atoms with Crippen molar-refractivity contribution in [1.82, 2.24) is 9.97 Å². The SMILES string of the molecule is NCc1nc2c(N)cccc2[nH]1. The van der Waals surface area contributed by atoms with Gasteiger partial charge in [-0.05, 0) is 12.1 Å². The van der Waals surface area contributed by atoms with Crippen LogP contribution in [0.3, 0.4) is 0 Å². The maximum atomic E-state index is 5.70. The van der Waals surface area contributed by atoms with Crippen LogP contribution in [-0.2, 0) is 6.54 Å². The van der Waals surface area contributed by atoms with Crippen molar-refractivity contribution in [2.24, 2.45) is 5.73 Å². The Kier molecular flexibility index (Phi) is 1.48. The number of rotatable bonds is 1. The van der Waals surface area contributed by atoms with Gasteiger partial charge < -0.3 is 16.5 Å². The lowest BCUT2D eigenvalue weighted by Crippen LogP contribution is -1.97. The number of nitrogens with zero attached hydrogens (tertiary/aromatic N) is 1. The van der Waals surface area contributed by atoms with Crippen LogP contribution in [0.2, 0.25) is 0 Å². The van der Waals surface area contributed by atoms with Gasteiger partial charge in [-0.25, -0.2) is 4.98 Å². The Labute approximate surface area is 69.6 Å². The van der Waals surface area contributed by atoms with E-state index in [1.807, 2.05) is 18.2 Å². The molecule has 0 spiro atoms. The topological polar surface area (TPSA) is 80.7 Å². The largest absolute Gasteiger partial charge is 0.397 e. The number of aromatic nitrogens is 2. The van der Waals surface area contributed by atoms with E-state index in [0.717, 1.165) is 16.9 Å². The van der Waals surface area contributed by atoms with Crippen LogP contribution < -0.4 is 11.5 Å². The van der Waals surface area contributed by atoms with Gasteiger partial charge in [0.05, 0.1) is 17.7 Å². The predicted molar refractivity (Wildman–Crippen MR) is 48.4 cm³/mol. The van der Waals surface area contributed by atoms with Crippen LogP contribution >= 0.6 is 0 Å². The molecule has 0 aliphatic heterocycles. The molecule has 4 heteroatoms. The Morgan fingerprint density at radius 1 is 1.42 bits per heavy atom. The third kappa shape index (κ3) is 0.931. The number of hydrogen-bond donors (Lipinski definition) is 3. The summed E-state index contributed by atoms with van der Waals surface area (Å²) < 4.78 is 0. The molecule has 0 radical (unpaired) electrons. The Bertz CT molecular complexity index is 404. The number of fused-ring (bicyclic) bond motifs is 1. The van der Waals surface area contributed by atoms with E-state index in [1.54, 1.807) is 0 Å². The summed E-state index contributed by atoms with van der Waals surface area (Å²) in [6.45, 7) is 0.411. The molecule has 0 unspecified atom stereocenters. The summed E-state index contributed by atoms with van der Waals surface area (Å²) in [6, 6.07) is 5.64. The molecule has 62 valence electrons. The zero-order chi connectivity index (χ0) is 8.55. The zero-order valence-electron chi connectivity index (χ0n) is 6.54. The maximum absolute atomic E-state index is 5.70. The average Bonchev–Trinajstić information content (AvgIpc) is 2.49. The van der Waals surface area contributed by atoms with Gasteiger partial charge in [0.25, 0.3) is 0 Å². The van der Waals surface area contributed by atoms with Crippen LogP contribution in [0, 0.1) is 0 Å². The Hall–Kier alpha value is -1.55. The highest BCUT2D eigenvalue weighted by atomic mass is 14.9. The molecule has 0 aliphatic carbocycles. The van der Waals surface area contributed by atoms with Crippen LogP contribution in [0.25, 0.3) is 11.0 Å². The summed E-state index contributed by atoms with van der Waals surface area (Å²) in [7, 11) is 0. The lowest BCUT2D eigenvalue weighted by Gasteiger charge is -1.90. The molecule has 2 rings (SSSR count). The summed E-state index contributed by atoms with van der Waals surface area (Å²) in [4.78, 5) is 7.30. The summed E-state index contributed by atoms with van der Waals surface area (Å²) in [5.41, 5.74) is 13.6. The first-order chi connectivity index (χ1) is 5.81. The van der Waals surface area contributed by atoms with Gasteiger partial charge in [0, 0.05) is 0 Å². The van der Waals surface area contributed by atoms with Crippen LogP contribution in [0.1, 0.15) is 5.82 Å². The van der Waals surface area contributed by atoms with E-state index < -0.39 is 0 Å². The van der Waals surface area contributed by atoms with Crippen molar-refractivity contribution in [3.8, 4) is 0 Å². The van der Waals surface area contributed by atoms with E-state index >= 15 is 0 Å². The van der Waals surface area contributed by atoms with Gasteiger partial charge in [0.1, 0.15) is 11.3 Å². The monoisotopic (exact) mass is 162 g/mol. The molecule has 0 saturated heterocycles. The van der Waals surface area contributed by atoms with Gasteiger partial charge in [0.15, 0.2) is 0 Å². The minimum absolute atomic E-state index is 0.411. The first-order valence-corrected chi connectivity index (χ1v) is 3.74. The number of hydrogen-bond acceptors (Lipinski definition) is 3. The molecule has 0 aliphatic rings. The number of aromatic amines is 1. The fourth-order valence-corrected chi connectivity index (χ4v) is 1.20. The Balaban J connectivity index is 2.74. The molecule has 2 aromatic rings. The van der Waals surface area contributed by atoms with E-state index in [1.165, 1.54) is 0 Å². The fourth-order valence-electron chi connectivity index (χ4n) is 1.20. The van der Waals surface area contributed by atoms with E-state index in [-0.39, 0.29) is 0 Å². The van der Waals surface area contributed by atoms with Gasteiger partial charge in [-0.15, -0.1) is 0 Å². The highest BCUT2D eigenvalue weighted by Gasteiger charge is 2.02. The number of nitrogen functional groups attached to an aromatic ring is 1. The van der Waals surface area contributed by atoms with Crippen LogP contribution in [0.4, 0.5) is 5.69 Å². The normalized spacial score (nSPS) is 10.8. The molecule has 1 aromatic carbocycles. The van der Waals surface area contributed by atoms with Crippen molar-refractivity contribution in [3.05, 3.63) is 24.0 Å². The molecule has 0 fully saturated rings. The molecule has 0 atom stereocenters. The van der Waals surface area contributed by atoms with Crippen LogP contribution in [-0.4, -0.2) is 9.97 Å². The first-order valence-electron chi connectivity index (χ1n) is 3.74. The summed E-state index contributed by atoms with van der Waals surface area (Å²) >= 11 is 0. The zero-order valence-corrected chi connectivity index (χ0v) is 6.54. The number of H-pyrrole nitrogens is 1. The number of nitrogens with two attached hydrogens (primary N) is 2. The molecule has 1 heterocycles. The van der Waals surface area contributed by atoms with Gasteiger partial charge >= 0.3 is 0 Å². The molecule has 1 aromatic heterocycles. The van der Waals surface area contributed by atoms with Crippen LogP contribution in [0.15, 0.2) is 18.2 Å². The molecule has 4 nitrogen and oxygen atoms in total. The van der Waals surface area contributed by atoms with E-state index in [9.17, 15) is 0 Å². The van der Waals surface area contributed by atoms with Gasteiger partial charge in [0.2, 0.25) is 0 Å². The lowest BCUT2D eigenvalue weighted by molar-refractivity contribution is 0.959. The molecular weight excluding hydrogens is 152 g/mol. The third-order valence-corrected chi connectivity index (χ3v) is 1.79. The standard InChI is InChI=1S/C8H10N4/c9-4-7-11-6-3-1-2-5(10)8(6)12-7/h1-3H,4,9-10H2,(H,11,12). The van der Waals surface area contributed by atoms with Crippen molar-refractivity contribution in [2.45, 2.75) is 6.54 Å². The highest BCUT2D eigenvalue weighted by Crippen LogP contribution is 2.17. The Morgan fingerprint density at radius 3 is 2.92 bits per heavy atom. The number of anilines is 1. The van der Waals surface area contributed by atoms with Crippen molar-refractivity contribution < 1.29 is 0 Å². The third-order valence-electron chi connectivity index (χ3n) is 1.79. The van der Waals surface area contributed by atoms with Crippen LogP contribution in [0.5, 0.6) is 0 Å². The molecule has 0 saturated carbocycles. The summed E-state index contributed by atoms with van der Waals surface area (Å²) in [5.74, 6) is 0.767. The van der Waals surface area contributed by atoms with Gasteiger partial charge in [-0.1, -0.05) is 6.07 Å². The van der Waals surface area contributed by atoms with E-state index in [2.05, 4.69) is 9.97 Å². The quantitative estimate of drug-likeness (QED) is 0.537. The molecular formula is C8H10N4. The maximum Gasteiger partial charge on any atom is 0.121 e. The fraction of sp³-hybridized carbons (Fsp3) is 0.125. The van der Waals surface area contributed by atoms with Crippen molar-refractivity contribution in [3.63, 3.8) is 0 Å². The van der Waals surface area contributed by atoms with Gasteiger partial charge in [-0.2, -0.15) is 0 Å². The first kappa shape index (κ1) is 7.12. The van der Waals surface area contributed by atoms with Gasteiger partial charge in [-0.3, -0.25) is 0 Å². The van der Waals surface area contributed by atoms with Crippen molar-refractivity contribution in [2.75, 3.05) is 5.73 Å². The Morgan fingerprint density at radius 2 is 2.25 bits per heavy atom. The number of imidazole rings is 1. The number of nitrogens with one attached hydrogen (secondary N) is 1. The number of benzene rings is 1. The van der Waals surface area contributed by atoms with E-state index in [0.29, 0.717) is 12.2 Å². The second-order valence-electron chi connectivity index (χ2n) is 2.63. The summed E-state index contributed by atoms with van der Waals surface area (Å²) in [6.07, 6.45) is 0. The minimum Gasteiger partial charge on any atom is -0.397 e. The molecule has 5 N–H and O–H groups in total. The minimum atomic E-state index is 0.411. The molecule has 0 amide bonds. The second-order valence-corrected chi connectivity index (χ2v) is 2.63. The summed E-state index contributed by atoms with van der Waals surface area (Å²) in [5, 5.41) is 0. The average molecular weight is 162 g/mol. The number of para-hydroxylation sites is 1. The van der Waals surface area contributed by atoms with Crippen molar-refractivity contribution >= 4 is 16.7 Å². The lowest BCUT2D eigenvalue weighted by atomic mass is 10.3. The molecule has 0 bridgehead atoms. The molecule has 12 heavy (non-hydrogen) atoms. The van der Waals surface area contributed by atoms with Crippen molar-refractivity contribution in [1.29, 1.82) is 0 Å². The highest BCUT2D eigenvalue weighted by molar-refractivity contribution is 5.86. The smallest absolute Gasteiger partial charge is 0.121 e. The predicted octanol–water partition coefficient (Wildman–Crippen LogP) is 0.604.